The van der Waals surface area contributed by atoms with Gasteiger partial charge < -0.3 is 15.2 Å². The predicted octanol–water partition coefficient (Wildman–Crippen LogP) is 1.96. The first kappa shape index (κ1) is 15.5. The van der Waals surface area contributed by atoms with Crippen LogP contribution in [0.4, 0.5) is 0 Å². The summed E-state index contributed by atoms with van der Waals surface area (Å²) in [5.74, 6) is 0.558. The molecule has 4 heteroatoms. The van der Waals surface area contributed by atoms with Gasteiger partial charge in [0.2, 0.25) is 0 Å². The van der Waals surface area contributed by atoms with Crippen LogP contribution in [0.15, 0.2) is 18.2 Å². The Morgan fingerprint density at radius 2 is 1.95 bits per heavy atom. The Labute approximate surface area is 114 Å². The molecule has 106 valence electrons. The maximum atomic E-state index is 11.7. The standard InChI is InChI=1S/C15H23NO3/c1-4-13(5-6-17)16-15(18)10-19-14-8-11(2)7-12(3)9-14/h7-9,13,17H,4-6,10H2,1-3H3,(H,16,18). The van der Waals surface area contributed by atoms with Gasteiger partial charge in [-0.2, -0.15) is 0 Å². The minimum absolute atomic E-state index is 0.00478. The van der Waals surface area contributed by atoms with Gasteiger partial charge in [0, 0.05) is 12.6 Å². The Morgan fingerprint density at radius 3 is 2.47 bits per heavy atom. The second kappa shape index (κ2) is 7.79. The molecule has 1 aromatic carbocycles. The van der Waals surface area contributed by atoms with Gasteiger partial charge >= 0.3 is 0 Å². The SMILES string of the molecule is CCC(CCO)NC(=O)COc1cc(C)cc(C)c1. The number of ether oxygens (including phenoxy) is 1. The summed E-state index contributed by atoms with van der Waals surface area (Å²) in [7, 11) is 0. The van der Waals surface area contributed by atoms with Crippen molar-refractivity contribution in [1.29, 1.82) is 0 Å². The highest BCUT2D eigenvalue weighted by molar-refractivity contribution is 5.77. The number of nitrogens with one attached hydrogen (secondary N) is 1. The molecule has 0 saturated heterocycles. The van der Waals surface area contributed by atoms with Gasteiger partial charge in [-0.1, -0.05) is 13.0 Å². The average Bonchev–Trinajstić information content (AvgIpc) is 2.34. The molecule has 0 aliphatic heterocycles. The third-order valence-electron chi connectivity index (χ3n) is 2.90. The van der Waals surface area contributed by atoms with Gasteiger partial charge in [0.25, 0.3) is 5.91 Å². The maximum Gasteiger partial charge on any atom is 0.258 e. The lowest BCUT2D eigenvalue weighted by Crippen LogP contribution is -2.38. The lowest BCUT2D eigenvalue weighted by molar-refractivity contribution is -0.123. The zero-order valence-electron chi connectivity index (χ0n) is 11.9. The molecule has 1 unspecified atom stereocenters. The van der Waals surface area contributed by atoms with Crippen LogP contribution in [0.1, 0.15) is 30.9 Å². The van der Waals surface area contributed by atoms with Gasteiger partial charge in [-0.25, -0.2) is 0 Å². The second-order valence-electron chi connectivity index (χ2n) is 4.80. The Hall–Kier alpha value is -1.55. The molecule has 0 aromatic heterocycles. The van der Waals surface area contributed by atoms with Crippen molar-refractivity contribution in [1.82, 2.24) is 5.32 Å². The molecule has 1 aromatic rings. The molecule has 0 fully saturated rings. The first-order valence-corrected chi connectivity index (χ1v) is 6.66. The summed E-state index contributed by atoms with van der Waals surface area (Å²) in [4.78, 5) is 11.7. The summed E-state index contributed by atoms with van der Waals surface area (Å²) >= 11 is 0. The minimum Gasteiger partial charge on any atom is -0.484 e. The molecule has 2 N–H and O–H groups in total. The fourth-order valence-corrected chi connectivity index (χ4v) is 1.97. The predicted molar refractivity (Wildman–Crippen MR) is 75.3 cm³/mol. The number of amides is 1. The summed E-state index contributed by atoms with van der Waals surface area (Å²) in [6, 6.07) is 5.89. The van der Waals surface area contributed by atoms with Crippen LogP contribution in [0.3, 0.4) is 0 Å². The number of aliphatic hydroxyl groups excluding tert-OH is 1. The van der Waals surface area contributed by atoms with E-state index in [1.807, 2.05) is 32.9 Å². The van der Waals surface area contributed by atoms with E-state index in [4.69, 9.17) is 9.84 Å². The van der Waals surface area contributed by atoms with Crippen LogP contribution in [0.2, 0.25) is 0 Å². The van der Waals surface area contributed by atoms with Crippen LogP contribution in [-0.4, -0.2) is 30.3 Å². The normalized spacial score (nSPS) is 12.0. The summed E-state index contributed by atoms with van der Waals surface area (Å²) in [5.41, 5.74) is 2.23. The summed E-state index contributed by atoms with van der Waals surface area (Å²) < 4.78 is 5.48. The molecule has 4 nitrogen and oxygen atoms in total. The van der Waals surface area contributed by atoms with Crippen molar-refractivity contribution < 1.29 is 14.6 Å². The minimum atomic E-state index is -0.153. The Bertz CT molecular complexity index is 398. The number of rotatable bonds is 7. The van der Waals surface area contributed by atoms with Crippen LogP contribution >= 0.6 is 0 Å². The van der Waals surface area contributed by atoms with Crippen LogP contribution in [0.25, 0.3) is 0 Å². The maximum absolute atomic E-state index is 11.7. The third-order valence-corrected chi connectivity index (χ3v) is 2.90. The Kier molecular flexibility index (Phi) is 6.36. The lowest BCUT2D eigenvalue weighted by atomic mass is 10.1. The fourth-order valence-electron chi connectivity index (χ4n) is 1.97. The average molecular weight is 265 g/mol. The highest BCUT2D eigenvalue weighted by atomic mass is 16.5. The summed E-state index contributed by atoms with van der Waals surface area (Å²) in [6.45, 7) is 6.05. The van der Waals surface area contributed by atoms with Crippen molar-refractivity contribution >= 4 is 5.91 Å². The van der Waals surface area contributed by atoms with E-state index >= 15 is 0 Å². The number of hydrogen-bond acceptors (Lipinski definition) is 3. The van der Waals surface area contributed by atoms with Crippen LogP contribution < -0.4 is 10.1 Å². The number of aliphatic hydroxyl groups is 1. The lowest BCUT2D eigenvalue weighted by Gasteiger charge is -2.16. The Morgan fingerprint density at radius 1 is 1.32 bits per heavy atom. The van der Waals surface area contributed by atoms with Crippen molar-refractivity contribution in [2.75, 3.05) is 13.2 Å². The molecular formula is C15H23NO3. The smallest absolute Gasteiger partial charge is 0.258 e. The monoisotopic (exact) mass is 265 g/mol. The van der Waals surface area contributed by atoms with Gasteiger partial charge in [0.15, 0.2) is 6.61 Å². The number of hydrogen-bond donors (Lipinski definition) is 2. The first-order valence-electron chi connectivity index (χ1n) is 6.66. The van der Waals surface area contributed by atoms with Gasteiger partial charge in [0.1, 0.15) is 5.75 Å². The van der Waals surface area contributed by atoms with E-state index < -0.39 is 0 Å². The van der Waals surface area contributed by atoms with E-state index in [1.54, 1.807) is 0 Å². The Balaban J connectivity index is 2.45. The molecule has 0 aliphatic rings. The fraction of sp³-hybridized carbons (Fsp3) is 0.533. The van der Waals surface area contributed by atoms with Gasteiger partial charge in [-0.05, 0) is 49.9 Å². The van der Waals surface area contributed by atoms with E-state index in [0.717, 1.165) is 17.5 Å². The van der Waals surface area contributed by atoms with Gasteiger partial charge in [-0.3, -0.25) is 4.79 Å². The molecule has 0 radical (unpaired) electrons. The largest absolute Gasteiger partial charge is 0.484 e. The van der Waals surface area contributed by atoms with Crippen molar-refractivity contribution in [3.8, 4) is 5.75 Å². The number of aryl methyl sites for hydroxylation is 2. The third kappa shape index (κ3) is 5.75. The first-order chi connectivity index (χ1) is 9.05. The highest BCUT2D eigenvalue weighted by Crippen LogP contribution is 2.15. The van der Waals surface area contributed by atoms with E-state index in [0.29, 0.717) is 12.2 Å². The molecule has 0 spiro atoms. The van der Waals surface area contributed by atoms with E-state index in [-0.39, 0.29) is 25.2 Å². The van der Waals surface area contributed by atoms with Crippen molar-refractivity contribution in [3.63, 3.8) is 0 Å². The molecule has 0 aliphatic carbocycles. The number of carbonyl (C=O) groups excluding carboxylic acids is 1. The topological polar surface area (TPSA) is 58.6 Å². The van der Waals surface area contributed by atoms with Gasteiger partial charge in [-0.15, -0.1) is 0 Å². The second-order valence-corrected chi connectivity index (χ2v) is 4.80. The molecular weight excluding hydrogens is 242 g/mol. The molecule has 19 heavy (non-hydrogen) atoms. The number of carbonyl (C=O) groups is 1. The zero-order chi connectivity index (χ0) is 14.3. The van der Waals surface area contributed by atoms with E-state index in [2.05, 4.69) is 11.4 Å². The highest BCUT2D eigenvalue weighted by Gasteiger charge is 2.10. The van der Waals surface area contributed by atoms with Crippen molar-refractivity contribution in [3.05, 3.63) is 29.3 Å². The molecule has 1 atom stereocenters. The number of benzene rings is 1. The summed E-state index contributed by atoms with van der Waals surface area (Å²) in [5, 5.41) is 11.7. The molecule has 1 amide bonds. The van der Waals surface area contributed by atoms with Crippen molar-refractivity contribution in [2.24, 2.45) is 0 Å². The molecule has 1 rings (SSSR count). The summed E-state index contributed by atoms with van der Waals surface area (Å²) in [6.07, 6.45) is 1.38. The zero-order valence-corrected chi connectivity index (χ0v) is 11.9. The van der Waals surface area contributed by atoms with E-state index in [9.17, 15) is 4.79 Å². The quantitative estimate of drug-likeness (QED) is 0.792. The van der Waals surface area contributed by atoms with Crippen LogP contribution in [0.5, 0.6) is 5.75 Å². The molecule has 0 bridgehead atoms. The molecule has 0 heterocycles. The van der Waals surface area contributed by atoms with Crippen LogP contribution in [-0.2, 0) is 4.79 Å². The van der Waals surface area contributed by atoms with E-state index in [1.165, 1.54) is 0 Å². The van der Waals surface area contributed by atoms with Crippen LogP contribution in [0, 0.1) is 13.8 Å². The van der Waals surface area contributed by atoms with Crippen molar-refractivity contribution in [2.45, 2.75) is 39.7 Å². The van der Waals surface area contributed by atoms with Gasteiger partial charge in [0.05, 0.1) is 0 Å². The molecule has 0 saturated carbocycles.